The van der Waals surface area contributed by atoms with Crippen molar-refractivity contribution in [3.8, 4) is 0 Å². The molecule has 0 radical (unpaired) electrons. The molecule has 0 spiro atoms. The molecule has 0 unspecified atom stereocenters. The molecule has 18 heavy (non-hydrogen) atoms. The normalized spacial score (nSPS) is 11.0. The van der Waals surface area contributed by atoms with Crippen LogP contribution in [0.5, 0.6) is 0 Å². The fourth-order valence-corrected chi connectivity index (χ4v) is 1.72. The first-order valence-corrected chi connectivity index (χ1v) is 5.90. The Bertz CT molecular complexity index is 602. The molecule has 3 heteroatoms. The molecule has 0 aliphatic carbocycles. The fraction of sp³-hybridized carbons (Fsp3) is 0.200. The number of carbonyl (C=O) groups is 1. The molecule has 0 amide bonds. The second-order valence-corrected chi connectivity index (χ2v) is 4.05. The molecule has 1 aromatic heterocycles. The number of benzene rings is 1. The Kier molecular flexibility index (Phi) is 3.72. The van der Waals surface area contributed by atoms with E-state index < -0.39 is 0 Å². The van der Waals surface area contributed by atoms with Gasteiger partial charge in [0.15, 0.2) is 0 Å². The number of rotatable bonds is 3. The van der Waals surface area contributed by atoms with E-state index in [9.17, 15) is 4.79 Å². The molecule has 0 atom stereocenters. The largest absolute Gasteiger partial charge is 0.463 e. The quantitative estimate of drug-likeness (QED) is 0.612. The van der Waals surface area contributed by atoms with E-state index in [2.05, 4.69) is 11.1 Å². The molecule has 1 heterocycles. The van der Waals surface area contributed by atoms with Gasteiger partial charge >= 0.3 is 5.97 Å². The standard InChI is InChI=1S/C15H15NO2/c1-3-18-15(17)7-5-12-4-6-14-13(9-12)8-11(2)10-16-14/h4-10H,3H2,1-2H3/b7-5+. The van der Waals surface area contributed by atoms with Gasteiger partial charge in [0.25, 0.3) is 0 Å². The third kappa shape index (κ3) is 2.94. The van der Waals surface area contributed by atoms with Crippen LogP contribution >= 0.6 is 0 Å². The smallest absolute Gasteiger partial charge is 0.330 e. The van der Waals surface area contributed by atoms with Gasteiger partial charge in [0.2, 0.25) is 0 Å². The Morgan fingerprint density at radius 3 is 3.00 bits per heavy atom. The zero-order chi connectivity index (χ0) is 13.0. The maximum Gasteiger partial charge on any atom is 0.330 e. The van der Waals surface area contributed by atoms with Gasteiger partial charge in [-0.25, -0.2) is 4.79 Å². The van der Waals surface area contributed by atoms with Crippen LogP contribution in [-0.2, 0) is 9.53 Å². The van der Waals surface area contributed by atoms with Crippen molar-refractivity contribution < 1.29 is 9.53 Å². The zero-order valence-corrected chi connectivity index (χ0v) is 10.5. The Morgan fingerprint density at radius 1 is 1.39 bits per heavy atom. The minimum atomic E-state index is -0.319. The molecule has 0 fully saturated rings. The van der Waals surface area contributed by atoms with Crippen molar-refractivity contribution in [2.45, 2.75) is 13.8 Å². The number of ether oxygens (including phenoxy) is 1. The molecule has 0 saturated heterocycles. The summed E-state index contributed by atoms with van der Waals surface area (Å²) in [5.41, 5.74) is 3.03. The number of hydrogen-bond donors (Lipinski definition) is 0. The van der Waals surface area contributed by atoms with Gasteiger partial charge in [-0.3, -0.25) is 4.98 Å². The molecule has 0 bridgehead atoms. The van der Waals surface area contributed by atoms with Crippen molar-refractivity contribution in [2.75, 3.05) is 6.61 Å². The SMILES string of the molecule is CCOC(=O)/C=C/c1ccc2ncc(C)cc2c1. The summed E-state index contributed by atoms with van der Waals surface area (Å²) in [4.78, 5) is 15.5. The Labute approximate surface area is 106 Å². The van der Waals surface area contributed by atoms with Gasteiger partial charge in [0, 0.05) is 17.7 Å². The first-order chi connectivity index (χ1) is 8.69. The van der Waals surface area contributed by atoms with Gasteiger partial charge in [-0.1, -0.05) is 6.07 Å². The van der Waals surface area contributed by atoms with Crippen LogP contribution < -0.4 is 0 Å². The monoisotopic (exact) mass is 241 g/mol. The van der Waals surface area contributed by atoms with E-state index in [1.165, 1.54) is 6.08 Å². The highest BCUT2D eigenvalue weighted by molar-refractivity contribution is 5.88. The minimum Gasteiger partial charge on any atom is -0.463 e. The average molecular weight is 241 g/mol. The molecule has 0 saturated carbocycles. The summed E-state index contributed by atoms with van der Waals surface area (Å²) in [5.74, 6) is -0.319. The van der Waals surface area contributed by atoms with Gasteiger partial charge in [-0.15, -0.1) is 0 Å². The summed E-state index contributed by atoms with van der Waals surface area (Å²) >= 11 is 0. The van der Waals surface area contributed by atoms with Crippen molar-refractivity contribution in [3.63, 3.8) is 0 Å². The third-order valence-corrected chi connectivity index (χ3v) is 2.54. The highest BCUT2D eigenvalue weighted by Crippen LogP contribution is 2.16. The lowest BCUT2D eigenvalue weighted by molar-refractivity contribution is -0.137. The van der Waals surface area contributed by atoms with Crippen LogP contribution in [0.15, 0.2) is 36.5 Å². The third-order valence-electron chi connectivity index (χ3n) is 2.54. The number of aromatic nitrogens is 1. The van der Waals surface area contributed by atoms with E-state index >= 15 is 0 Å². The summed E-state index contributed by atoms with van der Waals surface area (Å²) in [6.07, 6.45) is 5.03. The van der Waals surface area contributed by atoms with Crippen LogP contribution in [-0.4, -0.2) is 17.6 Å². The van der Waals surface area contributed by atoms with Crippen molar-refractivity contribution in [3.05, 3.63) is 47.7 Å². The minimum absolute atomic E-state index is 0.319. The number of fused-ring (bicyclic) bond motifs is 1. The van der Waals surface area contributed by atoms with Crippen LogP contribution in [0.1, 0.15) is 18.1 Å². The maximum absolute atomic E-state index is 11.2. The number of esters is 1. The number of pyridine rings is 1. The predicted octanol–water partition coefficient (Wildman–Crippen LogP) is 3.12. The average Bonchev–Trinajstić information content (AvgIpc) is 2.36. The lowest BCUT2D eigenvalue weighted by Gasteiger charge is -2.00. The van der Waals surface area contributed by atoms with Gasteiger partial charge in [0.1, 0.15) is 0 Å². The molecule has 2 rings (SSSR count). The predicted molar refractivity (Wildman–Crippen MR) is 72.1 cm³/mol. The van der Waals surface area contributed by atoms with Gasteiger partial charge in [-0.05, 0) is 49.2 Å². The number of aryl methyl sites for hydroxylation is 1. The van der Waals surface area contributed by atoms with E-state index in [-0.39, 0.29) is 5.97 Å². The first-order valence-electron chi connectivity index (χ1n) is 5.90. The van der Waals surface area contributed by atoms with Gasteiger partial charge in [-0.2, -0.15) is 0 Å². The van der Waals surface area contributed by atoms with Gasteiger partial charge < -0.3 is 4.74 Å². The van der Waals surface area contributed by atoms with E-state index in [4.69, 9.17) is 4.74 Å². The summed E-state index contributed by atoms with van der Waals surface area (Å²) in [6.45, 7) is 4.19. The molecule has 0 N–H and O–H groups in total. The van der Waals surface area contributed by atoms with Crippen LogP contribution in [0.2, 0.25) is 0 Å². The lowest BCUT2D eigenvalue weighted by atomic mass is 10.1. The Morgan fingerprint density at radius 2 is 2.22 bits per heavy atom. The molecular formula is C15H15NO2. The Hall–Kier alpha value is -2.16. The highest BCUT2D eigenvalue weighted by atomic mass is 16.5. The van der Waals surface area contributed by atoms with Crippen molar-refractivity contribution >= 4 is 22.9 Å². The van der Waals surface area contributed by atoms with Crippen molar-refractivity contribution in [1.82, 2.24) is 4.98 Å². The van der Waals surface area contributed by atoms with Crippen molar-refractivity contribution in [2.24, 2.45) is 0 Å². The summed E-state index contributed by atoms with van der Waals surface area (Å²) in [7, 11) is 0. The Balaban J connectivity index is 2.27. The summed E-state index contributed by atoms with van der Waals surface area (Å²) < 4.78 is 4.83. The topological polar surface area (TPSA) is 39.2 Å². The number of hydrogen-bond acceptors (Lipinski definition) is 3. The second kappa shape index (κ2) is 5.45. The molecule has 3 nitrogen and oxygen atoms in total. The van der Waals surface area contributed by atoms with Crippen LogP contribution in [0, 0.1) is 6.92 Å². The fourth-order valence-electron chi connectivity index (χ4n) is 1.72. The number of carbonyl (C=O) groups excluding carboxylic acids is 1. The molecule has 0 aliphatic heterocycles. The number of nitrogens with zero attached hydrogens (tertiary/aromatic N) is 1. The zero-order valence-electron chi connectivity index (χ0n) is 10.5. The van der Waals surface area contributed by atoms with E-state index in [1.807, 2.05) is 31.3 Å². The second-order valence-electron chi connectivity index (χ2n) is 4.05. The van der Waals surface area contributed by atoms with Crippen LogP contribution in [0.4, 0.5) is 0 Å². The molecule has 2 aromatic rings. The molecule has 0 aliphatic rings. The van der Waals surface area contributed by atoms with E-state index in [1.54, 1.807) is 13.0 Å². The molecule has 1 aromatic carbocycles. The van der Waals surface area contributed by atoms with Crippen molar-refractivity contribution in [1.29, 1.82) is 0 Å². The van der Waals surface area contributed by atoms with Crippen LogP contribution in [0.25, 0.3) is 17.0 Å². The molecule has 92 valence electrons. The maximum atomic E-state index is 11.2. The lowest BCUT2D eigenvalue weighted by Crippen LogP contribution is -1.98. The molecular weight excluding hydrogens is 226 g/mol. The summed E-state index contributed by atoms with van der Waals surface area (Å²) in [5, 5.41) is 1.07. The van der Waals surface area contributed by atoms with E-state index in [0.717, 1.165) is 22.0 Å². The first kappa shape index (κ1) is 12.3. The van der Waals surface area contributed by atoms with Crippen LogP contribution in [0.3, 0.4) is 0 Å². The van der Waals surface area contributed by atoms with E-state index in [0.29, 0.717) is 6.61 Å². The summed E-state index contributed by atoms with van der Waals surface area (Å²) in [6, 6.07) is 7.95. The van der Waals surface area contributed by atoms with Gasteiger partial charge in [0.05, 0.1) is 12.1 Å². The highest BCUT2D eigenvalue weighted by Gasteiger charge is 1.98.